The predicted octanol–water partition coefficient (Wildman–Crippen LogP) is 2.23. The van der Waals surface area contributed by atoms with E-state index in [1.165, 1.54) is 6.33 Å². The molecule has 0 N–H and O–H groups in total. The van der Waals surface area contributed by atoms with Crippen molar-refractivity contribution in [3.8, 4) is 5.88 Å². The van der Waals surface area contributed by atoms with Gasteiger partial charge in [0.2, 0.25) is 5.88 Å². The maximum absolute atomic E-state index is 12.7. The number of aromatic nitrogens is 2. The largest absolute Gasteiger partial charge is 0.474 e. The molecule has 1 amide bonds. The molecule has 2 heterocycles. The molecule has 1 saturated heterocycles. The van der Waals surface area contributed by atoms with Gasteiger partial charge < -0.3 is 14.5 Å². The highest BCUT2D eigenvalue weighted by atomic mass is 16.5. The van der Waals surface area contributed by atoms with Gasteiger partial charge in [0.05, 0.1) is 0 Å². The molecule has 0 atom stereocenters. The van der Waals surface area contributed by atoms with Crippen molar-refractivity contribution < 1.29 is 9.53 Å². The van der Waals surface area contributed by atoms with Crippen LogP contribution < -0.4 is 9.64 Å². The lowest BCUT2D eigenvalue weighted by Crippen LogP contribution is -2.41. The minimum Gasteiger partial charge on any atom is -0.474 e. The number of anilines is 1. The number of hydrogen-bond donors (Lipinski definition) is 0. The van der Waals surface area contributed by atoms with Crippen LogP contribution in [-0.4, -0.2) is 54.1 Å². The summed E-state index contributed by atoms with van der Waals surface area (Å²) in [6, 6.07) is 9.49. The highest BCUT2D eigenvalue weighted by Crippen LogP contribution is 2.20. The van der Waals surface area contributed by atoms with Gasteiger partial charge in [-0.2, -0.15) is 0 Å². The average Bonchev–Trinajstić information content (AvgIpc) is 2.63. The van der Waals surface area contributed by atoms with Gasteiger partial charge in [0.1, 0.15) is 12.4 Å². The molecule has 24 heavy (non-hydrogen) atoms. The van der Waals surface area contributed by atoms with Crippen LogP contribution in [0.2, 0.25) is 0 Å². The molecular formula is C18H22N4O2. The van der Waals surface area contributed by atoms with Crippen molar-refractivity contribution >= 4 is 11.6 Å². The Morgan fingerprint density at radius 2 is 2.04 bits per heavy atom. The van der Waals surface area contributed by atoms with Gasteiger partial charge in [0, 0.05) is 63.5 Å². The zero-order valence-electron chi connectivity index (χ0n) is 14.1. The van der Waals surface area contributed by atoms with Gasteiger partial charge in [-0.3, -0.25) is 4.79 Å². The topological polar surface area (TPSA) is 58.6 Å². The molecule has 6 heteroatoms. The van der Waals surface area contributed by atoms with Gasteiger partial charge in [-0.1, -0.05) is 6.07 Å². The number of rotatable bonds is 4. The molecule has 1 aromatic heterocycles. The molecule has 0 unspecified atom stereocenters. The fourth-order valence-corrected chi connectivity index (χ4v) is 2.80. The SMILES string of the molecule is CN(C)c1cccc(C(=O)N2CCC(Oc3ccncn3)CC2)c1. The Kier molecular flexibility index (Phi) is 4.93. The van der Waals surface area contributed by atoms with E-state index in [2.05, 4.69) is 9.97 Å². The van der Waals surface area contributed by atoms with Crippen LogP contribution in [0.1, 0.15) is 23.2 Å². The van der Waals surface area contributed by atoms with Crippen molar-refractivity contribution in [1.29, 1.82) is 0 Å². The maximum atomic E-state index is 12.7. The van der Waals surface area contributed by atoms with E-state index in [0.29, 0.717) is 19.0 Å². The molecule has 126 valence electrons. The normalized spacial score (nSPS) is 15.2. The van der Waals surface area contributed by atoms with Gasteiger partial charge in [-0.25, -0.2) is 9.97 Å². The summed E-state index contributed by atoms with van der Waals surface area (Å²) in [7, 11) is 3.94. The molecule has 1 fully saturated rings. The molecule has 0 bridgehead atoms. The van der Waals surface area contributed by atoms with E-state index in [1.54, 1.807) is 12.3 Å². The Balaban J connectivity index is 1.58. The molecule has 1 aliphatic heterocycles. The zero-order valence-corrected chi connectivity index (χ0v) is 14.1. The third-order valence-electron chi connectivity index (χ3n) is 4.18. The number of piperidine rings is 1. The summed E-state index contributed by atoms with van der Waals surface area (Å²) in [5.74, 6) is 0.674. The van der Waals surface area contributed by atoms with Crippen molar-refractivity contribution in [3.05, 3.63) is 48.4 Å². The van der Waals surface area contributed by atoms with Crippen LogP contribution in [0.3, 0.4) is 0 Å². The summed E-state index contributed by atoms with van der Waals surface area (Å²) >= 11 is 0. The Labute approximate surface area is 142 Å². The van der Waals surface area contributed by atoms with E-state index < -0.39 is 0 Å². The summed E-state index contributed by atoms with van der Waals surface area (Å²) in [5.41, 5.74) is 1.76. The molecule has 6 nitrogen and oxygen atoms in total. The van der Waals surface area contributed by atoms with Crippen LogP contribution in [0.25, 0.3) is 0 Å². The summed E-state index contributed by atoms with van der Waals surface area (Å²) in [4.78, 5) is 24.5. The fourth-order valence-electron chi connectivity index (χ4n) is 2.80. The first-order valence-electron chi connectivity index (χ1n) is 8.13. The van der Waals surface area contributed by atoms with Crippen molar-refractivity contribution in [3.63, 3.8) is 0 Å². The van der Waals surface area contributed by atoms with Crippen LogP contribution in [0.15, 0.2) is 42.9 Å². The second kappa shape index (κ2) is 7.29. The van der Waals surface area contributed by atoms with Crippen molar-refractivity contribution in [2.45, 2.75) is 18.9 Å². The average molecular weight is 326 g/mol. The number of amides is 1. The lowest BCUT2D eigenvalue weighted by molar-refractivity contribution is 0.0587. The lowest BCUT2D eigenvalue weighted by Gasteiger charge is -2.32. The first-order valence-corrected chi connectivity index (χ1v) is 8.13. The Bertz CT molecular complexity index is 682. The number of hydrogen-bond acceptors (Lipinski definition) is 5. The molecule has 1 aromatic carbocycles. The van der Waals surface area contributed by atoms with Crippen molar-refractivity contribution in [2.24, 2.45) is 0 Å². The summed E-state index contributed by atoms with van der Waals surface area (Å²) in [6.07, 6.45) is 4.86. The third-order valence-corrected chi connectivity index (χ3v) is 4.18. The minimum absolute atomic E-state index is 0.0826. The first-order chi connectivity index (χ1) is 11.6. The van der Waals surface area contributed by atoms with Gasteiger partial charge in [-0.05, 0) is 18.2 Å². The summed E-state index contributed by atoms with van der Waals surface area (Å²) in [5, 5.41) is 0. The molecule has 3 rings (SSSR count). The quantitative estimate of drug-likeness (QED) is 0.862. The molecule has 0 aliphatic carbocycles. The van der Waals surface area contributed by atoms with E-state index in [9.17, 15) is 4.79 Å². The zero-order chi connectivity index (χ0) is 16.9. The number of carbonyl (C=O) groups is 1. The van der Waals surface area contributed by atoms with E-state index in [4.69, 9.17) is 4.74 Å². The Hall–Kier alpha value is -2.63. The van der Waals surface area contributed by atoms with Crippen molar-refractivity contribution in [2.75, 3.05) is 32.1 Å². The number of benzene rings is 1. The van der Waals surface area contributed by atoms with Crippen LogP contribution in [-0.2, 0) is 0 Å². The Morgan fingerprint density at radius 3 is 2.71 bits per heavy atom. The second-order valence-electron chi connectivity index (χ2n) is 6.10. The lowest BCUT2D eigenvalue weighted by atomic mass is 10.1. The predicted molar refractivity (Wildman–Crippen MR) is 92.4 cm³/mol. The second-order valence-corrected chi connectivity index (χ2v) is 6.10. The third kappa shape index (κ3) is 3.82. The van der Waals surface area contributed by atoms with Gasteiger partial charge in [-0.15, -0.1) is 0 Å². The van der Waals surface area contributed by atoms with Gasteiger partial charge in [0.15, 0.2) is 0 Å². The highest BCUT2D eigenvalue weighted by molar-refractivity contribution is 5.95. The molecule has 0 spiro atoms. The van der Waals surface area contributed by atoms with Gasteiger partial charge in [0.25, 0.3) is 5.91 Å². The number of likely N-dealkylation sites (tertiary alicyclic amines) is 1. The number of carbonyl (C=O) groups excluding carboxylic acids is 1. The molecule has 2 aromatic rings. The van der Waals surface area contributed by atoms with E-state index in [1.807, 2.05) is 48.2 Å². The monoisotopic (exact) mass is 326 g/mol. The molecule has 0 saturated carbocycles. The maximum Gasteiger partial charge on any atom is 0.253 e. The van der Waals surface area contributed by atoms with Crippen molar-refractivity contribution in [1.82, 2.24) is 14.9 Å². The molecule has 1 aliphatic rings. The summed E-state index contributed by atoms with van der Waals surface area (Å²) < 4.78 is 5.84. The van der Waals surface area contributed by atoms with E-state index in [0.717, 1.165) is 24.1 Å². The number of nitrogens with zero attached hydrogens (tertiary/aromatic N) is 4. The Morgan fingerprint density at radius 1 is 1.25 bits per heavy atom. The van der Waals surface area contributed by atoms with Crippen LogP contribution in [0.5, 0.6) is 5.88 Å². The van der Waals surface area contributed by atoms with E-state index in [-0.39, 0.29) is 12.0 Å². The highest BCUT2D eigenvalue weighted by Gasteiger charge is 2.25. The molecular weight excluding hydrogens is 304 g/mol. The van der Waals surface area contributed by atoms with Crippen LogP contribution in [0, 0.1) is 0 Å². The number of ether oxygens (including phenoxy) is 1. The van der Waals surface area contributed by atoms with Gasteiger partial charge >= 0.3 is 0 Å². The fraction of sp³-hybridized carbons (Fsp3) is 0.389. The van der Waals surface area contributed by atoms with E-state index >= 15 is 0 Å². The van der Waals surface area contributed by atoms with Crippen LogP contribution in [0.4, 0.5) is 5.69 Å². The first kappa shape index (κ1) is 16.2. The smallest absolute Gasteiger partial charge is 0.253 e. The summed E-state index contributed by atoms with van der Waals surface area (Å²) in [6.45, 7) is 1.39. The van der Waals surface area contributed by atoms with Crippen LogP contribution >= 0.6 is 0 Å². The molecule has 0 radical (unpaired) electrons. The standard InChI is InChI=1S/C18H22N4O2/c1-21(2)15-5-3-4-14(12-15)18(23)22-10-7-16(8-11-22)24-17-6-9-19-13-20-17/h3-6,9,12-13,16H,7-8,10-11H2,1-2H3. The minimum atomic E-state index is 0.0826.